The molecule has 0 saturated carbocycles. The second-order valence-electron chi connectivity index (χ2n) is 10.5. The highest BCUT2D eigenvalue weighted by Crippen LogP contribution is 2.30. The molecule has 5 aromatic rings. The lowest BCUT2D eigenvalue weighted by Gasteiger charge is -2.26. The molecule has 0 aliphatic carbocycles. The Morgan fingerprint density at radius 1 is 0.975 bits per heavy atom. The number of nitrogens with zero attached hydrogens (tertiary/aromatic N) is 4. The van der Waals surface area contributed by atoms with Crippen molar-refractivity contribution >= 4 is 22.7 Å². The summed E-state index contributed by atoms with van der Waals surface area (Å²) in [7, 11) is 0. The van der Waals surface area contributed by atoms with Gasteiger partial charge >= 0.3 is 0 Å². The monoisotopic (exact) mass is 536 g/mol. The number of para-hydroxylation sites is 1. The SMILES string of the molecule is CC(C)(N)CC(=O)NN(Cc1ccc(-c2ccccc2-c2nn[nH]n2)cc1)C(=O)CCc1c[nH]c2ccccc12. The third kappa shape index (κ3) is 6.41. The summed E-state index contributed by atoms with van der Waals surface area (Å²) in [5.41, 5.74) is 13.9. The van der Waals surface area contributed by atoms with Crippen LogP contribution in [0, 0.1) is 0 Å². The summed E-state index contributed by atoms with van der Waals surface area (Å²) < 4.78 is 0. The molecule has 5 N–H and O–H groups in total. The van der Waals surface area contributed by atoms with E-state index in [-0.39, 0.29) is 31.2 Å². The topological polar surface area (TPSA) is 146 Å². The third-order valence-corrected chi connectivity index (χ3v) is 6.58. The van der Waals surface area contributed by atoms with Crippen molar-refractivity contribution in [2.45, 2.75) is 45.2 Å². The summed E-state index contributed by atoms with van der Waals surface area (Å²) in [5.74, 6) is 0.0239. The van der Waals surface area contributed by atoms with E-state index in [0.29, 0.717) is 12.2 Å². The maximum atomic E-state index is 13.4. The zero-order valence-electron chi connectivity index (χ0n) is 22.5. The van der Waals surface area contributed by atoms with Gasteiger partial charge in [0.15, 0.2) is 0 Å². The Labute approximate surface area is 231 Å². The number of hydrogen-bond donors (Lipinski definition) is 4. The first kappa shape index (κ1) is 26.8. The molecular weight excluding hydrogens is 504 g/mol. The van der Waals surface area contributed by atoms with E-state index in [9.17, 15) is 9.59 Å². The largest absolute Gasteiger partial charge is 0.361 e. The summed E-state index contributed by atoms with van der Waals surface area (Å²) >= 11 is 0. The fraction of sp³-hybridized carbons (Fsp3) is 0.233. The molecule has 2 amide bonds. The molecule has 3 aromatic carbocycles. The number of hydrazine groups is 1. The second kappa shape index (κ2) is 11.5. The summed E-state index contributed by atoms with van der Waals surface area (Å²) in [6.07, 6.45) is 2.81. The fourth-order valence-corrected chi connectivity index (χ4v) is 4.69. The van der Waals surface area contributed by atoms with Crippen LogP contribution in [0.1, 0.15) is 37.8 Å². The molecule has 0 spiro atoms. The first-order chi connectivity index (χ1) is 19.3. The van der Waals surface area contributed by atoms with Crippen LogP contribution in [-0.4, -0.2) is 48.0 Å². The average Bonchev–Trinajstić information content (AvgIpc) is 3.61. The average molecular weight is 537 g/mol. The Balaban J connectivity index is 1.33. The molecule has 204 valence electrons. The van der Waals surface area contributed by atoms with E-state index in [2.05, 4.69) is 31.0 Å². The van der Waals surface area contributed by atoms with Crippen LogP contribution in [0.3, 0.4) is 0 Å². The Bertz CT molecular complexity index is 1600. The molecule has 10 nitrogen and oxygen atoms in total. The van der Waals surface area contributed by atoms with Gasteiger partial charge in [0.25, 0.3) is 0 Å². The van der Waals surface area contributed by atoms with E-state index in [4.69, 9.17) is 5.73 Å². The standard InChI is InChI=1S/C30H32N8O2/c1-30(2,31)17-27(39)35-38(28(40)16-15-22-18-32-26-10-6-5-8-24(22)26)19-20-11-13-21(14-12-20)23-7-3-4-9-25(23)29-33-36-37-34-29/h3-14,18,32H,15-17,19,31H2,1-2H3,(H,35,39)(H,33,34,36,37). The number of tetrazole rings is 1. The van der Waals surface area contributed by atoms with E-state index < -0.39 is 5.54 Å². The van der Waals surface area contributed by atoms with E-state index >= 15 is 0 Å². The van der Waals surface area contributed by atoms with Crippen molar-refractivity contribution in [1.82, 2.24) is 36.0 Å². The minimum absolute atomic E-state index is 0.0883. The normalized spacial score (nSPS) is 11.5. The van der Waals surface area contributed by atoms with Crippen LogP contribution in [0.5, 0.6) is 0 Å². The van der Waals surface area contributed by atoms with Crippen LogP contribution < -0.4 is 11.2 Å². The van der Waals surface area contributed by atoms with Crippen LogP contribution in [0.4, 0.5) is 0 Å². The first-order valence-electron chi connectivity index (χ1n) is 13.1. The van der Waals surface area contributed by atoms with Gasteiger partial charge in [0, 0.05) is 41.0 Å². The lowest BCUT2D eigenvalue weighted by atomic mass is 9.98. The summed E-state index contributed by atoms with van der Waals surface area (Å²) in [4.78, 5) is 29.4. The lowest BCUT2D eigenvalue weighted by molar-refractivity contribution is -0.142. The van der Waals surface area contributed by atoms with Gasteiger partial charge in [-0.3, -0.25) is 15.0 Å². The van der Waals surface area contributed by atoms with Crippen LogP contribution in [0.25, 0.3) is 33.4 Å². The van der Waals surface area contributed by atoms with Gasteiger partial charge in [0.05, 0.1) is 6.54 Å². The Hall–Kier alpha value is -4.83. The van der Waals surface area contributed by atoms with Gasteiger partial charge in [-0.1, -0.05) is 66.7 Å². The fourth-order valence-electron chi connectivity index (χ4n) is 4.69. The number of benzene rings is 3. The maximum Gasteiger partial charge on any atom is 0.241 e. The zero-order chi connectivity index (χ0) is 28.1. The molecule has 0 aliphatic rings. The highest BCUT2D eigenvalue weighted by Gasteiger charge is 2.22. The molecule has 0 bridgehead atoms. The zero-order valence-corrected chi connectivity index (χ0v) is 22.5. The van der Waals surface area contributed by atoms with Gasteiger partial charge in [-0.2, -0.15) is 5.21 Å². The van der Waals surface area contributed by atoms with Gasteiger partial charge in [-0.15, -0.1) is 10.2 Å². The molecule has 40 heavy (non-hydrogen) atoms. The number of aryl methyl sites for hydroxylation is 1. The number of amides is 2. The molecule has 2 heterocycles. The highest BCUT2D eigenvalue weighted by molar-refractivity contribution is 5.85. The number of fused-ring (bicyclic) bond motifs is 1. The number of carbonyl (C=O) groups excluding carboxylic acids is 2. The molecule has 10 heteroatoms. The molecule has 0 fully saturated rings. The lowest BCUT2D eigenvalue weighted by Crippen LogP contribution is -2.48. The minimum atomic E-state index is -0.698. The Morgan fingerprint density at radius 3 is 2.42 bits per heavy atom. The summed E-state index contributed by atoms with van der Waals surface area (Å²) in [6.45, 7) is 3.78. The maximum absolute atomic E-state index is 13.4. The third-order valence-electron chi connectivity index (χ3n) is 6.58. The van der Waals surface area contributed by atoms with Gasteiger partial charge in [0.2, 0.25) is 17.6 Å². The van der Waals surface area contributed by atoms with E-state index in [0.717, 1.165) is 38.7 Å². The number of rotatable bonds is 9. The van der Waals surface area contributed by atoms with Crippen molar-refractivity contribution in [2.75, 3.05) is 0 Å². The predicted octanol–water partition coefficient (Wildman–Crippen LogP) is 4.14. The first-order valence-corrected chi connectivity index (χ1v) is 13.1. The molecule has 0 unspecified atom stereocenters. The van der Waals surface area contributed by atoms with Crippen molar-refractivity contribution in [3.8, 4) is 22.5 Å². The van der Waals surface area contributed by atoms with Crippen LogP contribution in [0.2, 0.25) is 0 Å². The van der Waals surface area contributed by atoms with Gasteiger partial charge in [-0.25, -0.2) is 5.01 Å². The van der Waals surface area contributed by atoms with Crippen LogP contribution in [-0.2, 0) is 22.6 Å². The number of H-pyrrole nitrogens is 2. The second-order valence-corrected chi connectivity index (χ2v) is 10.5. The van der Waals surface area contributed by atoms with Gasteiger partial charge < -0.3 is 10.7 Å². The van der Waals surface area contributed by atoms with Gasteiger partial charge in [-0.05, 0) is 53.8 Å². The molecule has 0 radical (unpaired) electrons. The van der Waals surface area contributed by atoms with Crippen molar-refractivity contribution in [1.29, 1.82) is 0 Å². The number of carbonyl (C=O) groups is 2. The Kier molecular flexibility index (Phi) is 7.70. The molecule has 5 rings (SSSR count). The number of aromatic nitrogens is 5. The molecule has 0 aliphatic heterocycles. The van der Waals surface area contributed by atoms with Crippen molar-refractivity contribution < 1.29 is 9.59 Å². The highest BCUT2D eigenvalue weighted by atomic mass is 16.2. The van der Waals surface area contributed by atoms with Gasteiger partial charge in [0.1, 0.15) is 0 Å². The van der Waals surface area contributed by atoms with Crippen LogP contribution >= 0.6 is 0 Å². The van der Waals surface area contributed by atoms with Crippen molar-refractivity contribution in [3.63, 3.8) is 0 Å². The van der Waals surface area contributed by atoms with E-state index in [1.165, 1.54) is 5.01 Å². The smallest absolute Gasteiger partial charge is 0.241 e. The van der Waals surface area contributed by atoms with E-state index in [1.807, 2.05) is 79.0 Å². The number of nitrogens with one attached hydrogen (secondary N) is 3. The molecule has 0 atom stereocenters. The quantitative estimate of drug-likeness (QED) is 0.208. The number of aromatic amines is 2. The van der Waals surface area contributed by atoms with E-state index in [1.54, 1.807) is 13.8 Å². The number of nitrogens with two attached hydrogens (primary N) is 1. The minimum Gasteiger partial charge on any atom is -0.361 e. The number of hydrogen-bond acceptors (Lipinski definition) is 6. The molecular formula is C30H32N8O2. The summed E-state index contributed by atoms with van der Waals surface area (Å²) in [6, 6.07) is 23.7. The van der Waals surface area contributed by atoms with Crippen molar-refractivity contribution in [3.05, 3.63) is 90.1 Å². The van der Waals surface area contributed by atoms with Crippen molar-refractivity contribution in [2.24, 2.45) is 5.73 Å². The Morgan fingerprint density at radius 2 is 1.70 bits per heavy atom. The summed E-state index contributed by atoms with van der Waals surface area (Å²) in [5, 5.41) is 16.9. The van der Waals surface area contributed by atoms with Crippen LogP contribution in [0.15, 0.2) is 79.0 Å². The molecule has 2 aromatic heterocycles. The predicted molar refractivity (Wildman–Crippen MR) is 153 cm³/mol. The molecule has 0 saturated heterocycles.